The molecule has 0 radical (unpaired) electrons. The Hall–Kier alpha value is -0.460. The lowest BCUT2D eigenvalue weighted by molar-refractivity contribution is -0.00260. The van der Waals surface area contributed by atoms with Gasteiger partial charge < -0.3 is 20.3 Å². The van der Waals surface area contributed by atoms with Crippen LogP contribution in [0, 0.1) is 0 Å². The molecule has 110 valence electrons. The van der Waals surface area contributed by atoms with Crippen LogP contribution in [0.2, 0.25) is 0 Å². The van der Waals surface area contributed by atoms with E-state index in [1.807, 2.05) is 11.8 Å². The van der Waals surface area contributed by atoms with Crippen molar-refractivity contribution in [2.45, 2.75) is 18.4 Å². The third-order valence-electron chi connectivity index (χ3n) is 4.24. The maximum absolute atomic E-state index is 6.14. The average Bonchev–Trinajstić information content (AvgIpc) is 2.46. The van der Waals surface area contributed by atoms with Gasteiger partial charge in [0, 0.05) is 43.3 Å². The molecule has 2 N–H and O–H groups in total. The zero-order chi connectivity index (χ0) is 13.7. The molecule has 0 unspecified atom stereocenters. The Balaban J connectivity index is 1.96. The van der Waals surface area contributed by atoms with Crippen molar-refractivity contribution in [3.63, 3.8) is 0 Å². The number of nitrogens with zero attached hydrogens (tertiary/aromatic N) is 3. The SMILES string of the molecule is CN(C)C1(CN=C(N)N2CCSCC2)CCOCC1. The molecule has 2 aliphatic heterocycles. The number of rotatable bonds is 3. The summed E-state index contributed by atoms with van der Waals surface area (Å²) in [5.41, 5.74) is 6.26. The fourth-order valence-corrected chi connectivity index (χ4v) is 3.52. The molecule has 0 saturated carbocycles. The molecule has 5 nitrogen and oxygen atoms in total. The van der Waals surface area contributed by atoms with Crippen LogP contribution in [0.3, 0.4) is 0 Å². The molecule has 2 fully saturated rings. The Morgan fingerprint density at radius 3 is 2.53 bits per heavy atom. The van der Waals surface area contributed by atoms with Gasteiger partial charge in [-0.05, 0) is 26.9 Å². The first-order valence-corrected chi connectivity index (χ1v) is 8.17. The van der Waals surface area contributed by atoms with E-state index in [-0.39, 0.29) is 5.54 Å². The first-order valence-electron chi connectivity index (χ1n) is 7.02. The number of likely N-dealkylation sites (N-methyl/N-ethyl adjacent to an activating group) is 1. The summed E-state index contributed by atoms with van der Waals surface area (Å²) in [6.07, 6.45) is 2.07. The van der Waals surface area contributed by atoms with Crippen LogP contribution in [0.1, 0.15) is 12.8 Å². The fourth-order valence-electron chi connectivity index (χ4n) is 2.62. The highest BCUT2D eigenvalue weighted by Crippen LogP contribution is 2.26. The molecule has 6 heteroatoms. The van der Waals surface area contributed by atoms with Crippen LogP contribution in [0.15, 0.2) is 4.99 Å². The highest BCUT2D eigenvalue weighted by molar-refractivity contribution is 7.99. The number of nitrogens with two attached hydrogens (primary N) is 1. The zero-order valence-corrected chi connectivity index (χ0v) is 12.9. The summed E-state index contributed by atoms with van der Waals surface area (Å²) in [4.78, 5) is 9.18. The van der Waals surface area contributed by atoms with Gasteiger partial charge in [-0.3, -0.25) is 4.99 Å². The monoisotopic (exact) mass is 286 g/mol. The topological polar surface area (TPSA) is 54.1 Å². The Bertz CT molecular complexity index is 310. The summed E-state index contributed by atoms with van der Waals surface area (Å²) in [5, 5.41) is 0. The average molecular weight is 286 g/mol. The molecular formula is C13H26N4OS. The number of hydrogen-bond donors (Lipinski definition) is 1. The number of hydrogen-bond acceptors (Lipinski definition) is 4. The molecule has 0 bridgehead atoms. The number of ether oxygens (including phenoxy) is 1. The summed E-state index contributed by atoms with van der Waals surface area (Å²) in [7, 11) is 4.27. The van der Waals surface area contributed by atoms with Crippen molar-refractivity contribution in [3.8, 4) is 0 Å². The second-order valence-corrected chi connectivity index (χ2v) is 6.73. The minimum atomic E-state index is 0.118. The van der Waals surface area contributed by atoms with E-state index >= 15 is 0 Å². The lowest BCUT2D eigenvalue weighted by Gasteiger charge is -2.42. The van der Waals surface area contributed by atoms with Crippen molar-refractivity contribution in [3.05, 3.63) is 0 Å². The van der Waals surface area contributed by atoms with E-state index in [9.17, 15) is 0 Å². The van der Waals surface area contributed by atoms with Crippen molar-refractivity contribution in [1.29, 1.82) is 0 Å². The van der Waals surface area contributed by atoms with Crippen LogP contribution >= 0.6 is 11.8 Å². The molecule has 0 aliphatic carbocycles. The predicted octanol–water partition coefficient (Wildman–Crippen LogP) is 0.461. The van der Waals surface area contributed by atoms with Gasteiger partial charge in [0.2, 0.25) is 0 Å². The lowest BCUT2D eigenvalue weighted by Crippen LogP contribution is -2.52. The highest BCUT2D eigenvalue weighted by atomic mass is 32.2. The molecule has 0 atom stereocenters. The van der Waals surface area contributed by atoms with Crippen LogP contribution in [0.5, 0.6) is 0 Å². The van der Waals surface area contributed by atoms with Gasteiger partial charge in [-0.15, -0.1) is 0 Å². The van der Waals surface area contributed by atoms with Gasteiger partial charge in [0.05, 0.1) is 6.54 Å². The summed E-state index contributed by atoms with van der Waals surface area (Å²) < 4.78 is 5.48. The van der Waals surface area contributed by atoms with E-state index in [1.165, 1.54) is 0 Å². The smallest absolute Gasteiger partial charge is 0.191 e. The summed E-state index contributed by atoms with van der Waals surface area (Å²) in [5.74, 6) is 3.03. The normalized spacial score (nSPS) is 24.8. The van der Waals surface area contributed by atoms with E-state index < -0.39 is 0 Å². The first-order chi connectivity index (χ1) is 9.14. The van der Waals surface area contributed by atoms with Crippen molar-refractivity contribution >= 4 is 17.7 Å². The first kappa shape index (κ1) is 14.9. The number of thioether (sulfide) groups is 1. The van der Waals surface area contributed by atoms with Crippen LogP contribution in [-0.2, 0) is 4.74 Å². The standard InChI is InChI=1S/C13H26N4OS/c1-16(2)13(3-7-18-8-4-13)11-15-12(14)17-5-9-19-10-6-17/h3-11H2,1-2H3,(H2,14,15). The molecule has 0 aromatic heterocycles. The molecule has 2 rings (SSSR count). The molecule has 0 aromatic rings. The third-order valence-corrected chi connectivity index (χ3v) is 5.19. The molecular weight excluding hydrogens is 260 g/mol. The van der Waals surface area contributed by atoms with E-state index in [4.69, 9.17) is 10.5 Å². The molecule has 0 spiro atoms. The van der Waals surface area contributed by atoms with Crippen molar-refractivity contribution in [2.24, 2.45) is 10.7 Å². The minimum absolute atomic E-state index is 0.118. The van der Waals surface area contributed by atoms with Crippen molar-refractivity contribution < 1.29 is 4.74 Å². The quantitative estimate of drug-likeness (QED) is 0.603. The van der Waals surface area contributed by atoms with Gasteiger partial charge in [-0.25, -0.2) is 0 Å². The van der Waals surface area contributed by atoms with Crippen molar-refractivity contribution in [1.82, 2.24) is 9.80 Å². The molecule has 2 aliphatic rings. The van der Waals surface area contributed by atoms with Crippen molar-refractivity contribution in [2.75, 3.05) is 58.4 Å². The van der Waals surface area contributed by atoms with Crippen LogP contribution < -0.4 is 5.73 Å². The van der Waals surface area contributed by atoms with Crippen LogP contribution in [0.4, 0.5) is 0 Å². The van der Waals surface area contributed by atoms with Crippen LogP contribution in [-0.4, -0.2) is 79.7 Å². The zero-order valence-electron chi connectivity index (χ0n) is 12.1. The Labute approximate surface area is 120 Å². The van der Waals surface area contributed by atoms with Gasteiger partial charge in [0.1, 0.15) is 0 Å². The van der Waals surface area contributed by atoms with E-state index in [0.717, 1.165) is 57.2 Å². The van der Waals surface area contributed by atoms with Crippen LogP contribution in [0.25, 0.3) is 0 Å². The predicted molar refractivity (Wildman–Crippen MR) is 81.9 cm³/mol. The second kappa shape index (κ2) is 6.81. The summed E-state index contributed by atoms with van der Waals surface area (Å²) >= 11 is 1.99. The van der Waals surface area contributed by atoms with E-state index in [2.05, 4.69) is 28.9 Å². The molecule has 2 heterocycles. The number of guanidine groups is 1. The largest absolute Gasteiger partial charge is 0.381 e. The summed E-state index contributed by atoms with van der Waals surface area (Å²) in [6.45, 7) is 4.48. The highest BCUT2D eigenvalue weighted by Gasteiger charge is 2.34. The minimum Gasteiger partial charge on any atom is -0.381 e. The van der Waals surface area contributed by atoms with Gasteiger partial charge in [-0.2, -0.15) is 11.8 Å². The molecule has 2 saturated heterocycles. The maximum atomic E-state index is 6.14. The fraction of sp³-hybridized carbons (Fsp3) is 0.923. The number of aliphatic imine (C=N–C) groups is 1. The Morgan fingerprint density at radius 1 is 1.32 bits per heavy atom. The Kier molecular flexibility index (Phi) is 5.36. The van der Waals surface area contributed by atoms with Gasteiger partial charge >= 0.3 is 0 Å². The summed E-state index contributed by atoms with van der Waals surface area (Å²) in [6, 6.07) is 0. The maximum Gasteiger partial charge on any atom is 0.191 e. The molecule has 0 aromatic carbocycles. The third kappa shape index (κ3) is 3.77. The second-order valence-electron chi connectivity index (χ2n) is 5.50. The Morgan fingerprint density at radius 2 is 1.95 bits per heavy atom. The van der Waals surface area contributed by atoms with E-state index in [0.29, 0.717) is 5.96 Å². The van der Waals surface area contributed by atoms with Gasteiger partial charge in [0.15, 0.2) is 5.96 Å². The van der Waals surface area contributed by atoms with E-state index in [1.54, 1.807) is 0 Å². The van der Waals surface area contributed by atoms with Gasteiger partial charge in [0.25, 0.3) is 0 Å². The lowest BCUT2D eigenvalue weighted by atomic mass is 9.89. The molecule has 0 amide bonds. The molecule has 19 heavy (non-hydrogen) atoms. The van der Waals surface area contributed by atoms with Gasteiger partial charge in [-0.1, -0.05) is 0 Å².